The van der Waals surface area contributed by atoms with E-state index in [0.29, 0.717) is 11.1 Å². The summed E-state index contributed by atoms with van der Waals surface area (Å²) in [5.74, 6) is 1.12. The van der Waals surface area contributed by atoms with Crippen molar-refractivity contribution in [3.05, 3.63) is 96.3 Å². The Morgan fingerprint density at radius 1 is 0.788 bits per heavy atom. The van der Waals surface area contributed by atoms with Crippen molar-refractivity contribution in [2.75, 3.05) is 0 Å². The van der Waals surface area contributed by atoms with E-state index in [1.54, 1.807) is 11.3 Å². The van der Waals surface area contributed by atoms with Crippen molar-refractivity contribution in [3.63, 3.8) is 0 Å². The van der Waals surface area contributed by atoms with Gasteiger partial charge in [-0.25, -0.2) is 9.13 Å². The molecule has 6 heteroatoms. The molecular formula is C27H25N3O2S+2. The van der Waals surface area contributed by atoms with Crippen LogP contribution in [0.4, 0.5) is 0 Å². The van der Waals surface area contributed by atoms with Crippen LogP contribution in [0.2, 0.25) is 0 Å². The fourth-order valence-electron chi connectivity index (χ4n) is 3.77. The van der Waals surface area contributed by atoms with Gasteiger partial charge in [-0.1, -0.05) is 47.7 Å². The van der Waals surface area contributed by atoms with Crippen LogP contribution in [0.5, 0.6) is 0 Å². The van der Waals surface area contributed by atoms with Gasteiger partial charge in [-0.3, -0.25) is 9.59 Å². The highest BCUT2D eigenvalue weighted by molar-refractivity contribution is 7.21. The molecule has 5 rings (SSSR count). The fourth-order valence-corrected chi connectivity index (χ4v) is 4.92. The van der Waals surface area contributed by atoms with Gasteiger partial charge in [-0.2, -0.15) is 4.57 Å². The molecule has 5 aromatic rings. The summed E-state index contributed by atoms with van der Waals surface area (Å²) in [4.78, 5) is 21.2. The van der Waals surface area contributed by atoms with Gasteiger partial charge < -0.3 is 0 Å². The lowest BCUT2D eigenvalue weighted by Crippen LogP contribution is -2.28. The zero-order valence-electron chi connectivity index (χ0n) is 18.8. The number of aryl methyl sites for hydroxylation is 3. The first-order chi connectivity index (χ1) is 16.0. The third kappa shape index (κ3) is 4.66. The van der Waals surface area contributed by atoms with E-state index >= 15 is 0 Å². The summed E-state index contributed by atoms with van der Waals surface area (Å²) in [6.07, 6.45) is 5.73. The molecule has 0 amide bonds. The number of fused-ring (bicyclic) bond motifs is 1. The molecular weight excluding hydrogens is 430 g/mol. The van der Waals surface area contributed by atoms with Crippen molar-refractivity contribution >= 4 is 34.1 Å². The van der Waals surface area contributed by atoms with E-state index < -0.39 is 0 Å². The molecule has 0 aliphatic carbocycles. The SMILES string of the molecule is C[n+]1c(-c2ccc(C=O)cc2)sc2ccccc21.Cn1cc[n+](C)c1-c1ccc(C=O)cc1. The van der Waals surface area contributed by atoms with Crippen LogP contribution in [-0.2, 0) is 21.1 Å². The number of nitrogens with zero attached hydrogens (tertiary/aromatic N) is 3. The first kappa shape index (κ1) is 22.3. The Morgan fingerprint density at radius 2 is 1.36 bits per heavy atom. The van der Waals surface area contributed by atoms with Crippen molar-refractivity contribution in [2.45, 2.75) is 0 Å². The number of carbonyl (C=O) groups is 2. The van der Waals surface area contributed by atoms with Crippen LogP contribution in [0.15, 0.2) is 85.2 Å². The number of hydrogen-bond donors (Lipinski definition) is 0. The Labute approximate surface area is 196 Å². The predicted molar refractivity (Wildman–Crippen MR) is 131 cm³/mol. The van der Waals surface area contributed by atoms with E-state index in [2.05, 4.69) is 38.9 Å². The van der Waals surface area contributed by atoms with Gasteiger partial charge in [-0.05, 0) is 30.3 Å². The largest absolute Gasteiger partial charge is 0.298 e. The van der Waals surface area contributed by atoms with Gasteiger partial charge in [0, 0.05) is 17.2 Å². The average molecular weight is 456 g/mol. The van der Waals surface area contributed by atoms with E-state index in [0.717, 1.165) is 29.5 Å². The standard InChI is InChI=1S/C15H12NOS.C12H13N2O/c1-16-13-4-2-3-5-14(13)18-15(16)12-8-6-11(10-17)7-9-12;1-13-7-8-14(2)12(13)11-5-3-10(9-15)4-6-11/h2-10H,1H3;3-9H,1-2H3/q2*+1. The Kier molecular flexibility index (Phi) is 6.56. The fraction of sp³-hybridized carbons (Fsp3) is 0.111. The third-order valence-electron chi connectivity index (χ3n) is 5.52. The minimum atomic E-state index is 0.704. The number of para-hydroxylation sites is 1. The van der Waals surface area contributed by atoms with E-state index in [-0.39, 0.29) is 0 Å². The van der Waals surface area contributed by atoms with Gasteiger partial charge in [0.05, 0.1) is 25.2 Å². The van der Waals surface area contributed by atoms with E-state index in [4.69, 9.17) is 0 Å². The highest BCUT2D eigenvalue weighted by Crippen LogP contribution is 2.28. The predicted octanol–water partition coefficient (Wildman–Crippen LogP) is 4.53. The topological polar surface area (TPSA) is 46.8 Å². The van der Waals surface area contributed by atoms with Crippen molar-refractivity contribution < 1.29 is 18.7 Å². The van der Waals surface area contributed by atoms with E-state index in [1.807, 2.05) is 81.1 Å². The van der Waals surface area contributed by atoms with Crippen LogP contribution in [0, 0.1) is 0 Å². The molecule has 0 aliphatic heterocycles. The normalized spacial score (nSPS) is 10.5. The summed E-state index contributed by atoms with van der Waals surface area (Å²) < 4.78 is 7.57. The lowest BCUT2D eigenvalue weighted by atomic mass is 10.1. The Balaban J connectivity index is 0.000000160. The van der Waals surface area contributed by atoms with Crippen molar-refractivity contribution in [2.24, 2.45) is 21.1 Å². The molecule has 5 nitrogen and oxygen atoms in total. The lowest BCUT2D eigenvalue weighted by Gasteiger charge is -1.98. The second-order valence-corrected chi connectivity index (χ2v) is 8.79. The number of hydrogen-bond acceptors (Lipinski definition) is 3. The highest BCUT2D eigenvalue weighted by atomic mass is 32.1. The Hall–Kier alpha value is -3.90. The number of thiazole rings is 1. The maximum Gasteiger partial charge on any atom is 0.288 e. The summed E-state index contributed by atoms with van der Waals surface area (Å²) in [7, 11) is 6.08. The van der Waals surface area contributed by atoms with Gasteiger partial charge in [0.25, 0.3) is 10.8 Å². The molecule has 0 atom stereocenters. The zero-order chi connectivity index (χ0) is 23.4. The molecule has 0 N–H and O–H groups in total. The smallest absolute Gasteiger partial charge is 0.288 e. The number of carbonyl (C=O) groups excluding carboxylic acids is 2. The number of aromatic nitrogens is 3. The van der Waals surface area contributed by atoms with E-state index in [1.165, 1.54) is 15.2 Å². The first-order valence-corrected chi connectivity index (χ1v) is 11.3. The number of benzene rings is 3. The summed E-state index contributed by atoms with van der Waals surface area (Å²) in [6, 6.07) is 23.6. The third-order valence-corrected chi connectivity index (χ3v) is 6.79. The highest BCUT2D eigenvalue weighted by Gasteiger charge is 2.17. The molecule has 33 heavy (non-hydrogen) atoms. The molecule has 0 saturated carbocycles. The maximum absolute atomic E-state index is 10.7. The van der Waals surface area contributed by atoms with Gasteiger partial charge in [-0.15, -0.1) is 0 Å². The summed E-state index contributed by atoms with van der Waals surface area (Å²) in [5.41, 5.74) is 4.90. The lowest BCUT2D eigenvalue weighted by molar-refractivity contribution is -0.659. The minimum absolute atomic E-state index is 0.704. The minimum Gasteiger partial charge on any atom is -0.298 e. The van der Waals surface area contributed by atoms with Crippen LogP contribution in [0.25, 0.3) is 32.2 Å². The van der Waals surface area contributed by atoms with Crippen LogP contribution >= 0.6 is 11.3 Å². The van der Waals surface area contributed by atoms with Crippen LogP contribution in [0.1, 0.15) is 20.7 Å². The molecule has 3 aromatic carbocycles. The van der Waals surface area contributed by atoms with Crippen molar-refractivity contribution in [3.8, 4) is 22.0 Å². The molecule has 0 bridgehead atoms. The molecule has 0 unspecified atom stereocenters. The molecule has 164 valence electrons. The van der Waals surface area contributed by atoms with Crippen molar-refractivity contribution in [1.82, 2.24) is 4.57 Å². The van der Waals surface area contributed by atoms with Crippen molar-refractivity contribution in [1.29, 1.82) is 0 Å². The summed E-state index contributed by atoms with van der Waals surface area (Å²) in [6.45, 7) is 0. The summed E-state index contributed by atoms with van der Waals surface area (Å²) in [5, 5.41) is 1.20. The van der Waals surface area contributed by atoms with Gasteiger partial charge in [0.1, 0.15) is 36.7 Å². The Bertz CT molecular complexity index is 1400. The zero-order valence-corrected chi connectivity index (χ0v) is 19.6. The molecule has 2 heterocycles. The number of imidazole rings is 1. The van der Waals surface area contributed by atoms with Crippen LogP contribution < -0.4 is 9.13 Å². The Morgan fingerprint density at radius 3 is 1.88 bits per heavy atom. The molecule has 0 spiro atoms. The quantitative estimate of drug-likeness (QED) is 0.295. The second-order valence-electron chi connectivity index (χ2n) is 7.76. The molecule has 0 radical (unpaired) electrons. The van der Waals surface area contributed by atoms with Gasteiger partial charge in [0.2, 0.25) is 5.52 Å². The second kappa shape index (κ2) is 9.71. The van der Waals surface area contributed by atoms with Gasteiger partial charge in [0.15, 0.2) is 0 Å². The average Bonchev–Trinajstić information content (AvgIpc) is 3.38. The molecule has 0 aliphatic rings. The molecule has 0 saturated heterocycles. The first-order valence-electron chi connectivity index (χ1n) is 10.5. The van der Waals surface area contributed by atoms with Crippen LogP contribution in [0.3, 0.4) is 0 Å². The number of rotatable bonds is 4. The maximum atomic E-state index is 10.7. The number of aldehydes is 2. The molecule has 2 aromatic heterocycles. The van der Waals surface area contributed by atoms with Crippen LogP contribution in [-0.4, -0.2) is 17.1 Å². The van der Waals surface area contributed by atoms with E-state index in [9.17, 15) is 9.59 Å². The monoisotopic (exact) mass is 455 g/mol. The van der Waals surface area contributed by atoms with Gasteiger partial charge >= 0.3 is 0 Å². The summed E-state index contributed by atoms with van der Waals surface area (Å²) >= 11 is 1.77. The molecule has 0 fully saturated rings.